The maximum Gasteiger partial charge on any atom is 0.336 e. The molecular weight excluding hydrogens is 448 g/mol. The standard InChI is InChI=1S/C27H28N2O4S/c1-16-20(25(30)32-4)21(24-28-23(17(2)34-24)18-12-8-6-9-13-18)22(26(31)33-5)27(3,29-16)19-14-10-7-11-15-19/h6-15,21-22,29H,1-5H3. The summed E-state index contributed by atoms with van der Waals surface area (Å²) in [6, 6.07) is 19.6. The molecule has 0 saturated carbocycles. The second-order valence-corrected chi connectivity index (χ2v) is 9.76. The van der Waals surface area contributed by atoms with Gasteiger partial charge in [0.1, 0.15) is 5.01 Å². The van der Waals surface area contributed by atoms with Gasteiger partial charge in [0.15, 0.2) is 0 Å². The Balaban J connectivity index is 1.97. The molecule has 0 aliphatic carbocycles. The van der Waals surface area contributed by atoms with Crippen molar-refractivity contribution in [3.05, 3.63) is 87.4 Å². The minimum atomic E-state index is -0.840. The molecule has 176 valence electrons. The van der Waals surface area contributed by atoms with E-state index in [2.05, 4.69) is 5.32 Å². The zero-order chi connectivity index (χ0) is 24.5. The topological polar surface area (TPSA) is 77.5 Å². The van der Waals surface area contributed by atoms with Gasteiger partial charge in [-0.2, -0.15) is 0 Å². The highest BCUT2D eigenvalue weighted by molar-refractivity contribution is 7.12. The number of rotatable bonds is 5. The van der Waals surface area contributed by atoms with Crippen molar-refractivity contribution >= 4 is 23.3 Å². The fraction of sp³-hybridized carbons (Fsp3) is 0.296. The van der Waals surface area contributed by atoms with Crippen LogP contribution in [0.15, 0.2) is 71.9 Å². The lowest BCUT2D eigenvalue weighted by Gasteiger charge is -2.46. The molecule has 6 nitrogen and oxygen atoms in total. The van der Waals surface area contributed by atoms with Gasteiger partial charge in [-0.3, -0.25) is 4.79 Å². The van der Waals surface area contributed by atoms with E-state index in [0.29, 0.717) is 16.3 Å². The number of carbonyl (C=O) groups excluding carboxylic acids is 2. The SMILES string of the molecule is COC(=O)C1=C(C)NC(C)(c2ccccc2)C(C(=O)OC)C1c1nc(-c2ccccc2)c(C)s1. The Kier molecular flexibility index (Phi) is 6.57. The highest BCUT2D eigenvalue weighted by Crippen LogP contribution is 2.50. The number of hydrogen-bond acceptors (Lipinski definition) is 7. The second-order valence-electron chi connectivity index (χ2n) is 8.53. The summed E-state index contributed by atoms with van der Waals surface area (Å²) in [5.41, 5.74) is 2.93. The van der Waals surface area contributed by atoms with Gasteiger partial charge >= 0.3 is 11.9 Å². The van der Waals surface area contributed by atoms with E-state index >= 15 is 0 Å². The van der Waals surface area contributed by atoms with Crippen LogP contribution in [0, 0.1) is 12.8 Å². The van der Waals surface area contributed by atoms with Gasteiger partial charge in [-0.25, -0.2) is 9.78 Å². The van der Waals surface area contributed by atoms with E-state index in [4.69, 9.17) is 14.5 Å². The molecule has 1 aromatic heterocycles. The number of carbonyl (C=O) groups is 2. The minimum absolute atomic E-state index is 0.389. The highest BCUT2D eigenvalue weighted by Gasteiger charge is 2.54. The molecule has 1 aliphatic heterocycles. The van der Waals surface area contributed by atoms with E-state index in [0.717, 1.165) is 21.7 Å². The van der Waals surface area contributed by atoms with Crippen molar-refractivity contribution in [2.24, 2.45) is 5.92 Å². The molecule has 2 aromatic carbocycles. The normalized spacial score (nSPS) is 22.1. The molecule has 2 heterocycles. The quantitative estimate of drug-likeness (QED) is 0.525. The van der Waals surface area contributed by atoms with Crippen LogP contribution in [0.1, 0.15) is 35.2 Å². The average molecular weight is 477 g/mol. The van der Waals surface area contributed by atoms with Gasteiger partial charge < -0.3 is 14.8 Å². The molecule has 4 rings (SSSR count). The van der Waals surface area contributed by atoms with E-state index in [1.54, 1.807) is 0 Å². The summed E-state index contributed by atoms with van der Waals surface area (Å²) < 4.78 is 10.5. The fourth-order valence-electron chi connectivity index (χ4n) is 4.87. The molecule has 3 unspecified atom stereocenters. The molecule has 0 radical (unpaired) electrons. The van der Waals surface area contributed by atoms with E-state index in [1.807, 2.05) is 81.4 Å². The Bertz CT molecular complexity index is 1240. The largest absolute Gasteiger partial charge is 0.469 e. The van der Waals surface area contributed by atoms with Gasteiger partial charge in [-0.15, -0.1) is 11.3 Å². The molecule has 0 saturated heterocycles. The summed E-state index contributed by atoms with van der Waals surface area (Å²) in [4.78, 5) is 32.4. The van der Waals surface area contributed by atoms with E-state index in [9.17, 15) is 9.59 Å². The van der Waals surface area contributed by atoms with E-state index in [1.165, 1.54) is 25.6 Å². The predicted molar refractivity (Wildman–Crippen MR) is 132 cm³/mol. The number of ether oxygens (including phenoxy) is 2. The van der Waals surface area contributed by atoms with Crippen LogP contribution in [0.3, 0.4) is 0 Å². The molecule has 7 heteroatoms. The van der Waals surface area contributed by atoms with Crippen LogP contribution in [-0.4, -0.2) is 31.1 Å². The monoisotopic (exact) mass is 476 g/mol. The zero-order valence-electron chi connectivity index (χ0n) is 19.9. The summed E-state index contributed by atoms with van der Waals surface area (Å²) in [6.45, 7) is 5.81. The number of nitrogens with zero attached hydrogens (tertiary/aromatic N) is 1. The number of methoxy groups -OCH3 is 2. The lowest BCUT2D eigenvalue weighted by atomic mass is 9.67. The number of aryl methyl sites for hydroxylation is 1. The van der Waals surface area contributed by atoms with Gasteiger partial charge in [0.2, 0.25) is 0 Å². The third-order valence-corrected chi connectivity index (χ3v) is 7.53. The number of hydrogen-bond donors (Lipinski definition) is 1. The molecule has 0 fully saturated rings. The molecule has 3 atom stereocenters. The Hall–Kier alpha value is -3.45. The number of allylic oxidation sites excluding steroid dienone is 1. The average Bonchev–Trinajstić information content (AvgIpc) is 3.25. The molecule has 1 aliphatic rings. The highest BCUT2D eigenvalue weighted by atomic mass is 32.1. The summed E-state index contributed by atoms with van der Waals surface area (Å²) in [5.74, 6) is -2.32. The first-order chi connectivity index (χ1) is 16.3. The third-order valence-electron chi connectivity index (χ3n) is 6.48. The first-order valence-electron chi connectivity index (χ1n) is 11.0. The van der Waals surface area contributed by atoms with Crippen molar-refractivity contribution in [1.82, 2.24) is 10.3 Å². The maximum atomic E-state index is 13.4. The van der Waals surface area contributed by atoms with Crippen LogP contribution < -0.4 is 5.32 Å². The molecule has 0 bridgehead atoms. The minimum Gasteiger partial charge on any atom is -0.469 e. The second kappa shape index (κ2) is 9.43. The van der Waals surface area contributed by atoms with Crippen molar-refractivity contribution in [1.29, 1.82) is 0 Å². The first kappa shape index (κ1) is 23.7. The third kappa shape index (κ3) is 4.01. The summed E-state index contributed by atoms with van der Waals surface area (Å²) in [6.07, 6.45) is 0. The number of benzene rings is 2. The van der Waals surface area contributed by atoms with E-state index < -0.39 is 29.3 Å². The Morgan fingerprint density at radius 3 is 2.18 bits per heavy atom. The van der Waals surface area contributed by atoms with Crippen molar-refractivity contribution < 1.29 is 19.1 Å². The van der Waals surface area contributed by atoms with Crippen LogP contribution in [0.25, 0.3) is 11.3 Å². The number of aromatic nitrogens is 1. The summed E-state index contributed by atoms with van der Waals surface area (Å²) in [7, 11) is 2.72. The number of thiazole rings is 1. The fourth-order valence-corrected chi connectivity index (χ4v) is 5.96. The molecule has 0 spiro atoms. The van der Waals surface area contributed by atoms with Crippen molar-refractivity contribution in [2.45, 2.75) is 32.2 Å². The molecule has 34 heavy (non-hydrogen) atoms. The lowest BCUT2D eigenvalue weighted by Crippen LogP contribution is -2.55. The Morgan fingerprint density at radius 2 is 1.59 bits per heavy atom. The molecule has 1 N–H and O–H groups in total. The smallest absolute Gasteiger partial charge is 0.336 e. The van der Waals surface area contributed by atoms with Gasteiger partial charge in [0.05, 0.1) is 42.9 Å². The molecule has 3 aromatic rings. The van der Waals surface area contributed by atoms with Gasteiger partial charge in [0.25, 0.3) is 0 Å². The zero-order valence-corrected chi connectivity index (χ0v) is 20.7. The maximum absolute atomic E-state index is 13.4. The number of esters is 2. The summed E-state index contributed by atoms with van der Waals surface area (Å²) in [5, 5.41) is 4.12. The Labute approximate surface area is 203 Å². The van der Waals surface area contributed by atoms with Crippen LogP contribution in [0.5, 0.6) is 0 Å². The van der Waals surface area contributed by atoms with Crippen LogP contribution in [0.2, 0.25) is 0 Å². The van der Waals surface area contributed by atoms with Crippen molar-refractivity contribution in [2.75, 3.05) is 14.2 Å². The lowest BCUT2D eigenvalue weighted by molar-refractivity contribution is -0.150. The summed E-state index contributed by atoms with van der Waals surface area (Å²) >= 11 is 1.49. The van der Waals surface area contributed by atoms with Crippen LogP contribution in [-0.2, 0) is 24.6 Å². The number of nitrogens with one attached hydrogen (secondary N) is 1. The van der Waals surface area contributed by atoms with Crippen LogP contribution >= 0.6 is 11.3 Å². The van der Waals surface area contributed by atoms with Gasteiger partial charge in [0, 0.05) is 16.1 Å². The van der Waals surface area contributed by atoms with Crippen molar-refractivity contribution in [3.63, 3.8) is 0 Å². The Morgan fingerprint density at radius 1 is 0.971 bits per heavy atom. The first-order valence-corrected chi connectivity index (χ1v) is 11.9. The van der Waals surface area contributed by atoms with Gasteiger partial charge in [-0.1, -0.05) is 60.7 Å². The van der Waals surface area contributed by atoms with Crippen molar-refractivity contribution in [3.8, 4) is 11.3 Å². The molecular formula is C27H28N2O4S. The molecule has 0 amide bonds. The van der Waals surface area contributed by atoms with E-state index in [-0.39, 0.29) is 0 Å². The van der Waals surface area contributed by atoms with Crippen LogP contribution in [0.4, 0.5) is 0 Å². The van der Waals surface area contributed by atoms with Gasteiger partial charge in [-0.05, 0) is 26.3 Å². The predicted octanol–water partition coefficient (Wildman–Crippen LogP) is 4.96.